The molecule has 116 valence electrons. The van der Waals surface area contributed by atoms with Gasteiger partial charge in [-0.1, -0.05) is 35.9 Å². The summed E-state index contributed by atoms with van der Waals surface area (Å²) in [5.41, 5.74) is 21.2. The molecule has 0 radical (unpaired) electrons. The number of amides is 1. The monoisotopic (exact) mass is 307 g/mol. The lowest BCUT2D eigenvalue weighted by Crippen LogP contribution is -2.14. The molecule has 1 aromatic heterocycles. The Morgan fingerprint density at radius 1 is 1.09 bits per heavy atom. The van der Waals surface area contributed by atoms with E-state index in [1.54, 1.807) is 18.2 Å². The minimum Gasteiger partial charge on any atom is -0.399 e. The van der Waals surface area contributed by atoms with E-state index in [0.29, 0.717) is 17.1 Å². The molecular formula is C17H17N5O. The van der Waals surface area contributed by atoms with Crippen LogP contribution in [0, 0.1) is 6.92 Å². The van der Waals surface area contributed by atoms with Crippen molar-refractivity contribution in [2.45, 2.75) is 6.92 Å². The lowest BCUT2D eigenvalue weighted by atomic mass is 10.1. The Balaban J connectivity index is 2.22. The normalized spacial score (nSPS) is 10.7. The van der Waals surface area contributed by atoms with Crippen molar-refractivity contribution in [3.8, 4) is 16.9 Å². The summed E-state index contributed by atoms with van der Waals surface area (Å²) >= 11 is 0. The highest BCUT2D eigenvalue weighted by atomic mass is 16.1. The smallest absolute Gasteiger partial charge is 0.254 e. The summed E-state index contributed by atoms with van der Waals surface area (Å²) in [5, 5.41) is 4.48. The molecule has 2 aromatic carbocycles. The van der Waals surface area contributed by atoms with Crippen molar-refractivity contribution in [1.29, 1.82) is 0 Å². The summed E-state index contributed by atoms with van der Waals surface area (Å²) in [6.45, 7) is 1.98. The quantitative estimate of drug-likeness (QED) is 0.643. The number of carbonyl (C=O) groups excluding carboxylic acids is 1. The summed E-state index contributed by atoms with van der Waals surface area (Å²) in [5.74, 6) is -0.424. The molecular weight excluding hydrogens is 290 g/mol. The maximum atomic E-state index is 11.9. The van der Waals surface area contributed by atoms with Crippen LogP contribution in [0.2, 0.25) is 0 Å². The molecule has 0 atom stereocenters. The van der Waals surface area contributed by atoms with Gasteiger partial charge in [0, 0.05) is 11.3 Å². The van der Waals surface area contributed by atoms with Crippen LogP contribution < -0.4 is 17.2 Å². The average molecular weight is 307 g/mol. The molecule has 6 N–H and O–H groups in total. The molecule has 3 aromatic rings. The highest BCUT2D eigenvalue weighted by Crippen LogP contribution is 2.29. The van der Waals surface area contributed by atoms with E-state index >= 15 is 0 Å². The Bertz CT molecular complexity index is 880. The Morgan fingerprint density at radius 2 is 1.78 bits per heavy atom. The van der Waals surface area contributed by atoms with Gasteiger partial charge in [-0.15, -0.1) is 0 Å². The number of aromatic nitrogens is 2. The number of aryl methyl sites for hydroxylation is 1. The molecule has 23 heavy (non-hydrogen) atoms. The summed E-state index contributed by atoms with van der Waals surface area (Å²) < 4.78 is 1.48. The number of primary amides is 1. The Morgan fingerprint density at radius 3 is 2.39 bits per heavy atom. The highest BCUT2D eigenvalue weighted by Gasteiger charge is 2.22. The van der Waals surface area contributed by atoms with Crippen molar-refractivity contribution >= 4 is 17.4 Å². The van der Waals surface area contributed by atoms with Crippen LogP contribution >= 0.6 is 0 Å². The van der Waals surface area contributed by atoms with Gasteiger partial charge < -0.3 is 17.2 Å². The van der Waals surface area contributed by atoms with Crippen molar-refractivity contribution < 1.29 is 4.79 Å². The minimum atomic E-state index is -0.617. The van der Waals surface area contributed by atoms with Gasteiger partial charge in [0.15, 0.2) is 0 Å². The fourth-order valence-corrected chi connectivity index (χ4v) is 2.44. The standard InChI is InChI=1S/C17H17N5O/c1-10-5-7-11(8-6-10)15-14(17(20)23)16(19)22(21-15)13-4-2-3-12(18)9-13/h2-9H,18-19H2,1H3,(H2,20,23). The number of benzene rings is 2. The predicted molar refractivity (Wildman–Crippen MR) is 91.1 cm³/mol. The maximum Gasteiger partial charge on any atom is 0.254 e. The lowest BCUT2D eigenvalue weighted by molar-refractivity contribution is 0.100. The van der Waals surface area contributed by atoms with E-state index in [1.165, 1.54) is 4.68 Å². The molecule has 0 spiro atoms. The second kappa shape index (κ2) is 5.49. The van der Waals surface area contributed by atoms with Crippen LogP contribution in [0.25, 0.3) is 16.9 Å². The van der Waals surface area contributed by atoms with Crippen molar-refractivity contribution in [2.75, 3.05) is 11.5 Å². The molecule has 1 heterocycles. The van der Waals surface area contributed by atoms with Gasteiger partial charge >= 0.3 is 0 Å². The van der Waals surface area contributed by atoms with Crippen LogP contribution in [0.1, 0.15) is 15.9 Å². The fourth-order valence-electron chi connectivity index (χ4n) is 2.44. The molecule has 0 unspecified atom stereocenters. The second-order valence-corrected chi connectivity index (χ2v) is 5.35. The number of nitrogens with two attached hydrogens (primary N) is 3. The number of nitrogen functional groups attached to an aromatic ring is 2. The van der Waals surface area contributed by atoms with Crippen molar-refractivity contribution in [3.05, 3.63) is 59.7 Å². The summed E-state index contributed by atoms with van der Waals surface area (Å²) in [7, 11) is 0. The van der Waals surface area contributed by atoms with Crippen molar-refractivity contribution in [3.63, 3.8) is 0 Å². The van der Waals surface area contributed by atoms with E-state index in [9.17, 15) is 4.79 Å². The van der Waals surface area contributed by atoms with E-state index in [1.807, 2.05) is 37.3 Å². The lowest BCUT2D eigenvalue weighted by Gasteiger charge is -2.04. The number of hydrogen-bond donors (Lipinski definition) is 3. The van der Waals surface area contributed by atoms with Crippen molar-refractivity contribution in [2.24, 2.45) is 5.73 Å². The molecule has 0 fully saturated rings. The molecule has 0 bridgehead atoms. The number of anilines is 2. The average Bonchev–Trinajstić information content (AvgIpc) is 2.85. The third-order valence-corrected chi connectivity index (χ3v) is 3.61. The van der Waals surface area contributed by atoms with Gasteiger partial charge in [-0.2, -0.15) is 5.10 Å². The number of carbonyl (C=O) groups is 1. The van der Waals surface area contributed by atoms with E-state index in [2.05, 4.69) is 5.10 Å². The summed E-state index contributed by atoms with van der Waals surface area (Å²) in [4.78, 5) is 11.9. The third kappa shape index (κ3) is 2.62. The molecule has 6 heteroatoms. The first-order valence-corrected chi connectivity index (χ1v) is 7.08. The van der Waals surface area contributed by atoms with Gasteiger partial charge in [-0.05, 0) is 25.1 Å². The summed E-state index contributed by atoms with van der Waals surface area (Å²) in [6, 6.07) is 14.7. The van der Waals surface area contributed by atoms with E-state index in [0.717, 1.165) is 11.1 Å². The zero-order valence-electron chi connectivity index (χ0n) is 12.7. The van der Waals surface area contributed by atoms with Gasteiger partial charge in [0.25, 0.3) is 5.91 Å². The molecule has 0 saturated carbocycles. The Labute approximate surface area is 133 Å². The molecule has 0 aliphatic rings. The maximum absolute atomic E-state index is 11.9. The molecule has 0 aliphatic heterocycles. The van der Waals surface area contributed by atoms with Crippen molar-refractivity contribution in [1.82, 2.24) is 9.78 Å². The van der Waals surface area contributed by atoms with Crippen LogP contribution in [0.4, 0.5) is 11.5 Å². The first-order chi connectivity index (χ1) is 11.0. The Kier molecular flexibility index (Phi) is 3.50. The van der Waals surface area contributed by atoms with Crippen LogP contribution in [-0.4, -0.2) is 15.7 Å². The van der Waals surface area contributed by atoms with E-state index < -0.39 is 5.91 Å². The Hall–Kier alpha value is -3.28. The highest BCUT2D eigenvalue weighted by molar-refractivity contribution is 6.03. The largest absolute Gasteiger partial charge is 0.399 e. The van der Waals surface area contributed by atoms with Gasteiger partial charge in [-0.25, -0.2) is 4.68 Å². The van der Waals surface area contributed by atoms with E-state index in [4.69, 9.17) is 17.2 Å². The van der Waals surface area contributed by atoms with Gasteiger partial charge in [0.1, 0.15) is 17.1 Å². The molecule has 1 amide bonds. The molecule has 0 aliphatic carbocycles. The van der Waals surface area contributed by atoms with Crippen LogP contribution in [-0.2, 0) is 0 Å². The zero-order valence-corrected chi connectivity index (χ0v) is 12.7. The van der Waals surface area contributed by atoms with Gasteiger partial charge in [0.05, 0.1) is 5.69 Å². The first kappa shape index (κ1) is 14.6. The van der Waals surface area contributed by atoms with Crippen LogP contribution in [0.5, 0.6) is 0 Å². The van der Waals surface area contributed by atoms with Gasteiger partial charge in [0.2, 0.25) is 0 Å². The molecule has 6 nitrogen and oxygen atoms in total. The first-order valence-electron chi connectivity index (χ1n) is 7.08. The van der Waals surface area contributed by atoms with Crippen LogP contribution in [0.3, 0.4) is 0 Å². The second-order valence-electron chi connectivity index (χ2n) is 5.35. The zero-order chi connectivity index (χ0) is 16.6. The molecule has 3 rings (SSSR count). The topological polar surface area (TPSA) is 113 Å². The van der Waals surface area contributed by atoms with Gasteiger partial charge in [-0.3, -0.25) is 4.79 Å². The fraction of sp³-hybridized carbons (Fsp3) is 0.0588. The van der Waals surface area contributed by atoms with Crippen LogP contribution in [0.15, 0.2) is 48.5 Å². The predicted octanol–water partition coefficient (Wildman–Crippen LogP) is 2.11. The molecule has 0 saturated heterocycles. The number of nitrogens with zero attached hydrogens (tertiary/aromatic N) is 2. The SMILES string of the molecule is Cc1ccc(-c2nn(-c3cccc(N)c3)c(N)c2C(N)=O)cc1. The summed E-state index contributed by atoms with van der Waals surface area (Å²) in [6.07, 6.45) is 0. The number of rotatable bonds is 3. The van der Waals surface area contributed by atoms with E-state index in [-0.39, 0.29) is 11.4 Å². The third-order valence-electron chi connectivity index (χ3n) is 3.61. The number of hydrogen-bond acceptors (Lipinski definition) is 4. The minimum absolute atomic E-state index is 0.193.